The molecule has 0 fully saturated rings. The van der Waals surface area contributed by atoms with Crippen molar-refractivity contribution in [1.82, 2.24) is 0 Å². The molecule has 0 aliphatic carbocycles. The predicted molar refractivity (Wildman–Crippen MR) is 223 cm³/mol. The normalized spacial score (nSPS) is 11.3. The molecule has 308 valence electrons. The summed E-state index contributed by atoms with van der Waals surface area (Å²) in [4.78, 5) is -0.747. The fourth-order valence-corrected chi connectivity index (χ4v) is 7.48. The Bertz CT molecular complexity index is 1840. The number of para-hydroxylation sites is 2. The molecule has 4 aromatic rings. The molecule has 0 heterocycles. The number of benzene rings is 4. The van der Waals surface area contributed by atoms with Crippen LogP contribution in [0.3, 0.4) is 0 Å². The van der Waals surface area contributed by atoms with Crippen LogP contribution in [0.25, 0.3) is 0 Å². The summed E-state index contributed by atoms with van der Waals surface area (Å²) in [6.45, 7) is 4.43. The van der Waals surface area contributed by atoms with Crippen molar-refractivity contribution >= 4 is 58.0 Å². The van der Waals surface area contributed by atoms with Gasteiger partial charge in [0.15, 0.2) is 0 Å². The monoisotopic (exact) mass is 850 g/mol. The van der Waals surface area contributed by atoms with Crippen molar-refractivity contribution in [1.29, 1.82) is 0 Å². The fourth-order valence-electron chi connectivity index (χ4n) is 6.26. The van der Waals surface area contributed by atoms with Crippen LogP contribution in [-0.2, 0) is 33.1 Å². The molecule has 10 nitrogen and oxygen atoms in total. The van der Waals surface area contributed by atoms with Gasteiger partial charge < -0.3 is 24.2 Å². The molecule has 0 amide bonds. The molecule has 0 aliphatic rings. The van der Waals surface area contributed by atoms with E-state index in [-0.39, 0.29) is 71.4 Å². The minimum absolute atomic E-state index is 0. The van der Waals surface area contributed by atoms with Crippen LogP contribution >= 0.6 is 0 Å². The number of rotatable bonds is 24. The first-order valence-corrected chi connectivity index (χ1v) is 22.8. The maximum Gasteiger partial charge on any atom is 2.00 e. The van der Waals surface area contributed by atoms with Crippen LogP contribution in [0.4, 0.5) is 0 Å². The van der Waals surface area contributed by atoms with Crippen molar-refractivity contribution in [3.63, 3.8) is 0 Å². The van der Waals surface area contributed by atoms with E-state index in [9.17, 15) is 36.2 Å². The van der Waals surface area contributed by atoms with Gasteiger partial charge in [-0.3, -0.25) is 4.55 Å². The summed E-state index contributed by atoms with van der Waals surface area (Å²) in [5.41, 5.74) is 1.57. The first-order valence-electron chi connectivity index (χ1n) is 19.9. The van der Waals surface area contributed by atoms with E-state index in [1.807, 2.05) is 0 Å². The Kier molecular flexibility index (Phi) is 23.8. The van der Waals surface area contributed by atoms with Gasteiger partial charge in [-0.15, -0.1) is 5.75 Å². The van der Waals surface area contributed by atoms with Gasteiger partial charge in [-0.25, -0.2) is 8.42 Å². The number of ether oxygens (including phenoxy) is 2. The zero-order valence-electron chi connectivity index (χ0n) is 33.5. The van der Waals surface area contributed by atoms with Crippen molar-refractivity contribution in [2.24, 2.45) is 0 Å². The first-order chi connectivity index (χ1) is 26.8. The molecule has 0 atom stereocenters. The largest absolute Gasteiger partial charge is 2.00 e. The van der Waals surface area contributed by atoms with Gasteiger partial charge in [-0.1, -0.05) is 146 Å². The summed E-state index contributed by atoms with van der Waals surface area (Å²) in [6, 6.07) is 21.1. The van der Waals surface area contributed by atoms with Crippen LogP contribution in [0.5, 0.6) is 34.5 Å². The molecule has 2 N–H and O–H groups in total. The molecule has 4 aromatic carbocycles. The van der Waals surface area contributed by atoms with Crippen molar-refractivity contribution in [3.8, 4) is 34.5 Å². The summed E-state index contributed by atoms with van der Waals surface area (Å²) in [6.07, 6.45) is 21.0. The van der Waals surface area contributed by atoms with Gasteiger partial charge in [0.2, 0.25) is 0 Å². The molecule has 0 saturated heterocycles. The minimum Gasteiger partial charge on any atom is -0.872 e. The second-order valence-corrected chi connectivity index (χ2v) is 16.8. The Morgan fingerprint density at radius 2 is 0.947 bits per heavy atom. The van der Waals surface area contributed by atoms with Crippen LogP contribution in [0.15, 0.2) is 94.7 Å². The Morgan fingerprint density at radius 1 is 0.544 bits per heavy atom. The van der Waals surface area contributed by atoms with Crippen LogP contribution in [0, 0.1) is 0 Å². The van der Waals surface area contributed by atoms with Gasteiger partial charge in [0.25, 0.3) is 10.1 Å². The van der Waals surface area contributed by atoms with Crippen LogP contribution in [-0.4, -0.2) is 68.8 Å². The van der Waals surface area contributed by atoms with E-state index in [1.54, 1.807) is 36.4 Å². The summed E-state index contributed by atoms with van der Waals surface area (Å²) in [5.74, 6) is 0.467. The Morgan fingerprint density at radius 3 is 1.40 bits per heavy atom. The molecule has 13 heteroatoms. The minimum atomic E-state index is -4.65. The van der Waals surface area contributed by atoms with Gasteiger partial charge in [-0.05, 0) is 73.7 Å². The maximum absolute atomic E-state index is 12.3. The molecule has 0 radical (unpaired) electrons. The molecule has 4 rings (SSSR count). The molecule has 0 bridgehead atoms. The average Bonchev–Trinajstić information content (AvgIpc) is 3.15. The zero-order valence-corrected chi connectivity index (χ0v) is 37.3. The number of hydrogen-bond acceptors (Lipinski definition) is 9. The van der Waals surface area contributed by atoms with E-state index in [1.165, 1.54) is 126 Å². The summed E-state index contributed by atoms with van der Waals surface area (Å²) in [5, 5.41) is 22.5. The topological polar surface area (TPSA) is 173 Å². The van der Waals surface area contributed by atoms with E-state index in [4.69, 9.17) is 9.47 Å². The summed E-state index contributed by atoms with van der Waals surface area (Å²) < 4.78 is 77.1. The van der Waals surface area contributed by atoms with Gasteiger partial charge in [0.1, 0.15) is 43.8 Å². The second kappa shape index (κ2) is 27.0. The summed E-state index contributed by atoms with van der Waals surface area (Å²) >= 11 is 0. The molecule has 57 heavy (non-hydrogen) atoms. The standard InChI is InChI=1S/2C22H30O5S.Ca/c2*1-2-3-4-5-6-7-8-9-12-18-15-16-19(17-20(18)23)27-21-13-10-11-14-22(21)28(24,25)26;/h2*10-11,13-17,23H,2-9,12H2,1H3,(H,24,25,26);/q;;+2/p-2. The maximum atomic E-state index is 12.3. The SMILES string of the molecule is CCCCCCCCCCc1ccc(Oc2ccccc2S(=O)(=O)O)cc1O.CCCCCCCCCCc1ccc(Oc2ccccc2S(=O)(=O)[O-])cc1[O-].[Ca+2]. The Hall–Kier alpha value is -2.84. The molecule has 0 saturated carbocycles. The fraction of sp³-hybridized carbons (Fsp3) is 0.455. The van der Waals surface area contributed by atoms with Crippen molar-refractivity contribution in [2.45, 2.75) is 139 Å². The van der Waals surface area contributed by atoms with Crippen molar-refractivity contribution in [3.05, 3.63) is 96.1 Å². The number of hydrogen-bond donors (Lipinski definition) is 2. The van der Waals surface area contributed by atoms with Gasteiger partial charge >= 0.3 is 37.7 Å². The molecular weight excluding hydrogens is 793 g/mol. The van der Waals surface area contributed by atoms with Gasteiger partial charge in [0, 0.05) is 6.07 Å². The molecule has 0 unspecified atom stereocenters. The van der Waals surface area contributed by atoms with Crippen molar-refractivity contribution in [2.75, 3.05) is 0 Å². The third kappa shape index (κ3) is 19.2. The third-order valence-corrected chi connectivity index (χ3v) is 11.2. The molecular formula is C44H58CaO10S2. The first kappa shape index (κ1) is 50.3. The number of unbranched alkanes of at least 4 members (excludes halogenated alkanes) is 14. The van der Waals surface area contributed by atoms with E-state index < -0.39 is 25.1 Å². The quantitative estimate of drug-likeness (QED) is 0.0392. The van der Waals surface area contributed by atoms with Gasteiger partial charge in [0.05, 0.1) is 4.90 Å². The van der Waals surface area contributed by atoms with Crippen LogP contribution in [0.1, 0.15) is 128 Å². The predicted octanol–water partition coefficient (Wildman–Crippen LogP) is 10.9. The smallest absolute Gasteiger partial charge is 0.872 e. The van der Waals surface area contributed by atoms with E-state index >= 15 is 0 Å². The van der Waals surface area contributed by atoms with Crippen molar-refractivity contribution < 1.29 is 45.6 Å². The molecule has 0 spiro atoms. The van der Waals surface area contributed by atoms with E-state index in [2.05, 4.69) is 13.8 Å². The average molecular weight is 851 g/mol. The number of aryl methyl sites for hydroxylation is 2. The number of phenols is 1. The van der Waals surface area contributed by atoms with E-state index in [0.29, 0.717) is 5.75 Å². The number of aromatic hydroxyl groups is 1. The second-order valence-electron chi connectivity index (χ2n) is 14.0. The zero-order chi connectivity index (χ0) is 40.8. The Labute approximate surface area is 370 Å². The Balaban J connectivity index is 0.000000387. The third-order valence-electron chi connectivity index (χ3n) is 9.40. The molecule has 0 aromatic heterocycles. The van der Waals surface area contributed by atoms with Crippen LogP contribution < -0.4 is 14.6 Å². The van der Waals surface area contributed by atoms with E-state index in [0.717, 1.165) is 49.7 Å². The number of phenolic OH excluding ortho intramolecular Hbond substituents is 1. The van der Waals surface area contributed by atoms with Gasteiger partial charge in [-0.2, -0.15) is 8.42 Å². The molecule has 0 aliphatic heterocycles. The summed E-state index contributed by atoms with van der Waals surface area (Å²) in [7, 11) is -9.03. The van der Waals surface area contributed by atoms with Crippen LogP contribution in [0.2, 0.25) is 0 Å².